The molecule has 1 unspecified atom stereocenters. The topological polar surface area (TPSA) is 26.3 Å². The van der Waals surface area contributed by atoms with Gasteiger partial charge < -0.3 is 4.74 Å². The lowest BCUT2D eigenvalue weighted by Gasteiger charge is -2.43. The Balaban J connectivity index is 2.50. The number of ether oxygens (including phenoxy) is 1. The molecule has 1 rings (SSSR count). The molecule has 0 amide bonds. The Morgan fingerprint density at radius 2 is 1.52 bits per heavy atom. The van der Waals surface area contributed by atoms with Crippen LogP contribution >= 0.6 is 0 Å². The fourth-order valence-corrected chi connectivity index (χ4v) is 3.88. The van der Waals surface area contributed by atoms with E-state index >= 15 is 0 Å². The molecule has 136 valence electrons. The average Bonchev–Trinajstić information content (AvgIpc) is 2.41. The van der Waals surface area contributed by atoms with Gasteiger partial charge in [0.15, 0.2) is 0 Å². The molecule has 0 aromatic rings. The molecule has 2 heteroatoms. The van der Waals surface area contributed by atoms with Crippen LogP contribution in [0.1, 0.15) is 99.8 Å². The maximum absolute atomic E-state index is 12.8. The molecule has 0 aromatic heterocycles. The molecule has 23 heavy (non-hydrogen) atoms. The summed E-state index contributed by atoms with van der Waals surface area (Å²) in [5.74, 6) is 0.856. The zero-order valence-corrected chi connectivity index (χ0v) is 16.8. The molecule has 0 aliphatic heterocycles. The van der Waals surface area contributed by atoms with Crippen molar-refractivity contribution in [1.82, 2.24) is 0 Å². The van der Waals surface area contributed by atoms with E-state index < -0.39 is 5.41 Å². The molecule has 1 atom stereocenters. The molecular formula is C21H40O2. The summed E-state index contributed by atoms with van der Waals surface area (Å²) in [7, 11) is 0. The Morgan fingerprint density at radius 3 is 2.00 bits per heavy atom. The average molecular weight is 325 g/mol. The van der Waals surface area contributed by atoms with Crippen LogP contribution in [0.3, 0.4) is 0 Å². The van der Waals surface area contributed by atoms with Crippen LogP contribution in [-0.2, 0) is 9.53 Å². The van der Waals surface area contributed by atoms with Crippen molar-refractivity contribution in [3.63, 3.8) is 0 Å². The van der Waals surface area contributed by atoms with Gasteiger partial charge in [-0.15, -0.1) is 0 Å². The van der Waals surface area contributed by atoms with Gasteiger partial charge in [0, 0.05) is 0 Å². The van der Waals surface area contributed by atoms with E-state index in [1.165, 1.54) is 38.5 Å². The van der Waals surface area contributed by atoms with Gasteiger partial charge in [-0.25, -0.2) is 0 Å². The molecule has 0 N–H and O–H groups in total. The fraction of sp³-hybridized carbons (Fsp3) is 0.952. The number of carbonyl (C=O) groups is 1. The largest absolute Gasteiger partial charge is 0.465 e. The lowest BCUT2D eigenvalue weighted by atomic mass is 9.61. The zero-order valence-electron chi connectivity index (χ0n) is 16.8. The summed E-state index contributed by atoms with van der Waals surface area (Å²) >= 11 is 0. The summed E-state index contributed by atoms with van der Waals surface area (Å²) < 4.78 is 5.73. The summed E-state index contributed by atoms with van der Waals surface area (Å²) in [6.45, 7) is 15.7. The van der Waals surface area contributed by atoms with Gasteiger partial charge >= 0.3 is 5.97 Å². The van der Waals surface area contributed by atoms with Gasteiger partial charge in [0.1, 0.15) is 0 Å². The number of hydrogen-bond donors (Lipinski definition) is 0. The van der Waals surface area contributed by atoms with E-state index in [0.29, 0.717) is 6.61 Å². The van der Waals surface area contributed by atoms with Crippen molar-refractivity contribution in [2.24, 2.45) is 22.2 Å². The number of hydrogen-bond acceptors (Lipinski definition) is 2. The molecule has 0 aromatic carbocycles. The predicted molar refractivity (Wildman–Crippen MR) is 98.4 cm³/mol. The third kappa shape index (κ3) is 6.47. The second kappa shape index (κ2) is 8.03. The summed E-state index contributed by atoms with van der Waals surface area (Å²) in [5, 5.41) is 0. The molecule has 0 heterocycles. The maximum atomic E-state index is 12.8. The van der Waals surface area contributed by atoms with E-state index in [1.54, 1.807) is 0 Å². The number of rotatable bonds is 6. The fourth-order valence-electron chi connectivity index (χ4n) is 3.88. The van der Waals surface area contributed by atoms with E-state index in [0.717, 1.165) is 18.8 Å². The SMILES string of the molecule is CC(C)(C)CC(C)(C(=O)OCCCC1CCCCC1)C(C)(C)C. The van der Waals surface area contributed by atoms with Gasteiger partial charge in [0.25, 0.3) is 0 Å². The number of carbonyl (C=O) groups excluding carboxylic acids is 1. The van der Waals surface area contributed by atoms with Gasteiger partial charge in [-0.3, -0.25) is 4.79 Å². The minimum Gasteiger partial charge on any atom is -0.465 e. The minimum absolute atomic E-state index is 0.0106. The Kier molecular flexibility index (Phi) is 7.16. The van der Waals surface area contributed by atoms with E-state index in [1.807, 2.05) is 0 Å². The normalized spacial score (nSPS) is 20.1. The first-order chi connectivity index (χ1) is 10.5. The summed E-state index contributed by atoms with van der Waals surface area (Å²) in [6, 6.07) is 0. The van der Waals surface area contributed by atoms with Crippen molar-refractivity contribution in [2.75, 3.05) is 6.61 Å². The standard InChI is InChI=1S/C21H40O2/c1-19(2,3)16-21(7,20(4,5)6)18(22)23-15-11-14-17-12-9-8-10-13-17/h17H,8-16H2,1-7H3. The highest BCUT2D eigenvalue weighted by molar-refractivity contribution is 5.77. The lowest BCUT2D eigenvalue weighted by molar-refractivity contribution is -0.165. The van der Waals surface area contributed by atoms with Crippen molar-refractivity contribution < 1.29 is 9.53 Å². The second-order valence-corrected chi connectivity index (χ2v) is 10.1. The van der Waals surface area contributed by atoms with Gasteiger partial charge in [0.05, 0.1) is 12.0 Å². The minimum atomic E-state index is -0.434. The van der Waals surface area contributed by atoms with Crippen molar-refractivity contribution in [1.29, 1.82) is 0 Å². The Hall–Kier alpha value is -0.530. The van der Waals surface area contributed by atoms with Crippen molar-refractivity contribution in [3.8, 4) is 0 Å². The zero-order chi connectivity index (χ0) is 17.7. The highest BCUT2D eigenvalue weighted by Crippen LogP contribution is 2.47. The number of esters is 1. The van der Waals surface area contributed by atoms with Gasteiger partial charge in [0.2, 0.25) is 0 Å². The van der Waals surface area contributed by atoms with Crippen molar-refractivity contribution >= 4 is 5.97 Å². The highest BCUT2D eigenvalue weighted by atomic mass is 16.5. The Bertz CT molecular complexity index is 366. The quantitative estimate of drug-likeness (QED) is 0.418. The summed E-state index contributed by atoms with van der Waals surface area (Å²) in [4.78, 5) is 12.8. The third-order valence-corrected chi connectivity index (χ3v) is 5.70. The monoisotopic (exact) mass is 324 g/mol. The van der Waals surface area contributed by atoms with Crippen LogP contribution in [0.25, 0.3) is 0 Å². The molecule has 1 fully saturated rings. The highest BCUT2D eigenvalue weighted by Gasteiger charge is 2.47. The molecule has 0 spiro atoms. The Labute approximate surface area is 144 Å². The smallest absolute Gasteiger partial charge is 0.312 e. The van der Waals surface area contributed by atoms with Gasteiger partial charge in [-0.2, -0.15) is 0 Å². The molecule has 0 radical (unpaired) electrons. The van der Waals surface area contributed by atoms with Crippen molar-refractivity contribution in [3.05, 3.63) is 0 Å². The van der Waals surface area contributed by atoms with Crippen LogP contribution in [0.2, 0.25) is 0 Å². The van der Waals surface area contributed by atoms with Crippen LogP contribution in [-0.4, -0.2) is 12.6 Å². The lowest BCUT2D eigenvalue weighted by Crippen LogP contribution is -2.44. The third-order valence-electron chi connectivity index (χ3n) is 5.70. The first-order valence-corrected chi connectivity index (χ1v) is 9.63. The summed E-state index contributed by atoms with van der Waals surface area (Å²) in [6.07, 6.45) is 10.0. The second-order valence-electron chi connectivity index (χ2n) is 10.1. The van der Waals surface area contributed by atoms with E-state index in [2.05, 4.69) is 48.5 Å². The first kappa shape index (κ1) is 20.5. The molecule has 1 aliphatic rings. The van der Waals surface area contributed by atoms with E-state index in [4.69, 9.17) is 4.74 Å². The van der Waals surface area contributed by atoms with E-state index in [9.17, 15) is 4.79 Å². The molecule has 1 aliphatic carbocycles. The van der Waals surface area contributed by atoms with Crippen LogP contribution in [0.5, 0.6) is 0 Å². The van der Waals surface area contributed by atoms with Crippen LogP contribution in [0.15, 0.2) is 0 Å². The summed E-state index contributed by atoms with van der Waals surface area (Å²) in [5.41, 5.74) is -0.417. The molecule has 0 bridgehead atoms. The van der Waals surface area contributed by atoms with Gasteiger partial charge in [-0.1, -0.05) is 73.6 Å². The van der Waals surface area contributed by atoms with Crippen LogP contribution < -0.4 is 0 Å². The van der Waals surface area contributed by atoms with Crippen LogP contribution in [0, 0.1) is 22.2 Å². The van der Waals surface area contributed by atoms with Crippen LogP contribution in [0.4, 0.5) is 0 Å². The maximum Gasteiger partial charge on any atom is 0.312 e. The first-order valence-electron chi connectivity index (χ1n) is 9.63. The molecule has 0 saturated heterocycles. The Morgan fingerprint density at radius 1 is 0.957 bits per heavy atom. The van der Waals surface area contributed by atoms with Gasteiger partial charge in [-0.05, 0) is 42.9 Å². The molecular weight excluding hydrogens is 284 g/mol. The molecule has 2 nitrogen and oxygen atoms in total. The van der Waals surface area contributed by atoms with E-state index in [-0.39, 0.29) is 16.8 Å². The van der Waals surface area contributed by atoms with Crippen molar-refractivity contribution in [2.45, 2.75) is 99.8 Å². The predicted octanol–water partition coefficient (Wildman–Crippen LogP) is 6.38. The molecule has 1 saturated carbocycles.